The highest BCUT2D eigenvalue weighted by atomic mass is 16.5. The third-order valence-electron chi connectivity index (χ3n) is 6.24. The second-order valence-corrected chi connectivity index (χ2v) is 8.09. The molecule has 2 atom stereocenters. The molecule has 0 spiro atoms. The van der Waals surface area contributed by atoms with E-state index in [1.165, 1.54) is 21.1 Å². The molecule has 0 unspecified atom stereocenters. The lowest BCUT2D eigenvalue weighted by atomic mass is 9.71. The molecule has 3 aromatic carbocycles. The standard InChI is InChI=1S/C27H27NO6/c1-18(29)28-14-13-19-9-7-8-12-24(19)27(28,20-10-5-4-6-11-20)25(26(30)31)34-23-16-21(32-2)15-22(17-23)33-3/h4-12,15-17,25H,13-14H2,1-3H3,(H,30,31)/t25-,27+/m1/s1. The Hall–Kier alpha value is -4.00. The van der Waals surface area contributed by atoms with Gasteiger partial charge >= 0.3 is 5.97 Å². The number of carboxylic acid groups (broad SMARTS) is 1. The van der Waals surface area contributed by atoms with Crippen LogP contribution in [0, 0.1) is 0 Å². The molecule has 0 bridgehead atoms. The molecule has 4 rings (SSSR count). The fraction of sp³-hybridized carbons (Fsp3) is 0.259. The SMILES string of the molecule is COc1cc(OC)cc(O[C@H](C(=O)O)[C@]2(c3ccccc3)c3ccccc3CCN2C(C)=O)c1. The second-order valence-electron chi connectivity index (χ2n) is 8.09. The van der Waals surface area contributed by atoms with Gasteiger partial charge in [0.1, 0.15) is 22.8 Å². The van der Waals surface area contributed by atoms with E-state index in [1.54, 1.807) is 23.1 Å². The van der Waals surface area contributed by atoms with Crippen LogP contribution in [0.2, 0.25) is 0 Å². The lowest BCUT2D eigenvalue weighted by molar-refractivity contribution is -0.157. The van der Waals surface area contributed by atoms with Gasteiger partial charge in [-0.15, -0.1) is 0 Å². The first kappa shape index (κ1) is 23.2. The van der Waals surface area contributed by atoms with Gasteiger partial charge in [-0.3, -0.25) is 4.79 Å². The van der Waals surface area contributed by atoms with Crippen LogP contribution in [0.3, 0.4) is 0 Å². The summed E-state index contributed by atoms with van der Waals surface area (Å²) in [7, 11) is 3.01. The van der Waals surface area contributed by atoms with Crippen LogP contribution in [0.4, 0.5) is 0 Å². The number of aliphatic carboxylic acids is 1. The van der Waals surface area contributed by atoms with Crippen molar-refractivity contribution in [1.29, 1.82) is 0 Å². The average Bonchev–Trinajstić information content (AvgIpc) is 2.86. The van der Waals surface area contributed by atoms with E-state index in [1.807, 2.05) is 54.6 Å². The Morgan fingerprint density at radius 2 is 1.50 bits per heavy atom. The molecule has 176 valence electrons. The van der Waals surface area contributed by atoms with Crippen molar-refractivity contribution in [1.82, 2.24) is 4.90 Å². The summed E-state index contributed by atoms with van der Waals surface area (Å²) in [5, 5.41) is 10.6. The maximum Gasteiger partial charge on any atom is 0.348 e. The normalized spacial score (nSPS) is 17.9. The van der Waals surface area contributed by atoms with Gasteiger partial charge < -0.3 is 24.2 Å². The van der Waals surface area contributed by atoms with Crippen molar-refractivity contribution < 1.29 is 28.9 Å². The van der Waals surface area contributed by atoms with E-state index in [2.05, 4.69) is 0 Å². The second kappa shape index (κ2) is 9.47. The molecular formula is C27H27NO6. The highest BCUT2D eigenvalue weighted by Crippen LogP contribution is 2.46. The third-order valence-corrected chi connectivity index (χ3v) is 6.24. The van der Waals surface area contributed by atoms with Crippen LogP contribution < -0.4 is 14.2 Å². The van der Waals surface area contributed by atoms with Crippen molar-refractivity contribution in [2.75, 3.05) is 20.8 Å². The maximum absolute atomic E-state index is 13.0. The number of carbonyl (C=O) groups is 2. The fourth-order valence-electron chi connectivity index (χ4n) is 4.81. The van der Waals surface area contributed by atoms with Gasteiger partial charge in [0, 0.05) is 31.7 Å². The number of benzene rings is 3. The number of ether oxygens (including phenoxy) is 3. The highest BCUT2D eigenvalue weighted by molar-refractivity contribution is 5.82. The Morgan fingerprint density at radius 1 is 0.912 bits per heavy atom. The first-order valence-corrected chi connectivity index (χ1v) is 11.0. The summed E-state index contributed by atoms with van der Waals surface area (Å²) in [5.41, 5.74) is 0.954. The Kier molecular flexibility index (Phi) is 6.45. The lowest BCUT2D eigenvalue weighted by Gasteiger charge is -2.50. The third kappa shape index (κ3) is 3.94. The van der Waals surface area contributed by atoms with Gasteiger partial charge in [0.05, 0.1) is 14.2 Å². The van der Waals surface area contributed by atoms with E-state index in [0.717, 1.165) is 11.1 Å². The summed E-state index contributed by atoms with van der Waals surface area (Å²) in [6.45, 7) is 1.81. The number of carboxylic acids is 1. The number of nitrogens with zero attached hydrogens (tertiary/aromatic N) is 1. The van der Waals surface area contributed by atoms with E-state index in [0.29, 0.717) is 30.0 Å². The van der Waals surface area contributed by atoms with Gasteiger partial charge in [0.15, 0.2) is 0 Å². The van der Waals surface area contributed by atoms with Crippen LogP contribution in [0.25, 0.3) is 0 Å². The maximum atomic E-state index is 13.0. The van der Waals surface area contributed by atoms with Crippen LogP contribution in [0.1, 0.15) is 23.6 Å². The van der Waals surface area contributed by atoms with Gasteiger partial charge in [0.2, 0.25) is 12.0 Å². The van der Waals surface area contributed by atoms with E-state index >= 15 is 0 Å². The van der Waals surface area contributed by atoms with Crippen molar-refractivity contribution in [2.24, 2.45) is 0 Å². The molecule has 34 heavy (non-hydrogen) atoms. The molecule has 0 aromatic heterocycles. The van der Waals surface area contributed by atoms with Gasteiger partial charge in [-0.05, 0) is 23.1 Å². The smallest absolute Gasteiger partial charge is 0.348 e. The van der Waals surface area contributed by atoms with E-state index in [-0.39, 0.29) is 11.7 Å². The topological polar surface area (TPSA) is 85.3 Å². The van der Waals surface area contributed by atoms with Crippen LogP contribution >= 0.6 is 0 Å². The number of fused-ring (bicyclic) bond motifs is 1. The summed E-state index contributed by atoms with van der Waals surface area (Å²) in [6, 6.07) is 21.7. The number of amides is 1. The Bertz CT molecular complexity index is 1170. The molecule has 1 heterocycles. The molecule has 1 aliphatic rings. The van der Waals surface area contributed by atoms with Crippen molar-refractivity contribution >= 4 is 11.9 Å². The van der Waals surface area contributed by atoms with Crippen LogP contribution in [-0.2, 0) is 21.5 Å². The minimum absolute atomic E-state index is 0.239. The van der Waals surface area contributed by atoms with Crippen LogP contribution in [-0.4, -0.2) is 48.8 Å². The lowest BCUT2D eigenvalue weighted by Crippen LogP contribution is -2.63. The quantitative estimate of drug-likeness (QED) is 0.575. The number of hydrogen-bond donors (Lipinski definition) is 1. The number of hydrogen-bond acceptors (Lipinski definition) is 5. The molecule has 0 saturated heterocycles. The molecule has 1 N–H and O–H groups in total. The van der Waals surface area contributed by atoms with Crippen molar-refractivity contribution in [3.8, 4) is 17.2 Å². The molecule has 0 aliphatic carbocycles. The molecular weight excluding hydrogens is 434 g/mol. The molecule has 7 heteroatoms. The van der Waals surface area contributed by atoms with Gasteiger partial charge in [-0.25, -0.2) is 4.79 Å². The molecule has 1 amide bonds. The summed E-state index contributed by atoms with van der Waals surface area (Å²) in [4.78, 5) is 27.6. The largest absolute Gasteiger partial charge is 0.496 e. The predicted octanol–water partition coefficient (Wildman–Crippen LogP) is 3.88. The minimum atomic E-state index is -1.46. The first-order valence-electron chi connectivity index (χ1n) is 11.0. The van der Waals surface area contributed by atoms with E-state index in [9.17, 15) is 14.7 Å². The predicted molar refractivity (Wildman–Crippen MR) is 126 cm³/mol. The molecule has 0 radical (unpaired) electrons. The Labute approximate surface area is 198 Å². The van der Waals surface area contributed by atoms with Gasteiger partial charge in [0.25, 0.3) is 0 Å². The number of rotatable bonds is 7. The molecule has 0 saturated carbocycles. The summed E-state index contributed by atoms with van der Waals surface area (Å²) < 4.78 is 16.9. The summed E-state index contributed by atoms with van der Waals surface area (Å²) in [6.07, 6.45) is -0.846. The van der Waals surface area contributed by atoms with Crippen LogP contribution in [0.5, 0.6) is 17.2 Å². The average molecular weight is 462 g/mol. The Morgan fingerprint density at radius 3 is 2.09 bits per heavy atom. The molecule has 1 aliphatic heterocycles. The minimum Gasteiger partial charge on any atom is -0.496 e. The Balaban J connectivity index is 2.00. The first-order chi connectivity index (χ1) is 16.4. The van der Waals surface area contributed by atoms with Gasteiger partial charge in [-0.2, -0.15) is 0 Å². The zero-order chi connectivity index (χ0) is 24.3. The monoisotopic (exact) mass is 461 g/mol. The fourth-order valence-corrected chi connectivity index (χ4v) is 4.81. The molecule has 3 aromatic rings. The molecule has 0 fully saturated rings. The van der Waals surface area contributed by atoms with Crippen molar-refractivity contribution in [3.63, 3.8) is 0 Å². The molecule has 7 nitrogen and oxygen atoms in total. The highest BCUT2D eigenvalue weighted by Gasteiger charge is 2.56. The van der Waals surface area contributed by atoms with Crippen LogP contribution in [0.15, 0.2) is 72.8 Å². The zero-order valence-electron chi connectivity index (χ0n) is 19.4. The zero-order valence-corrected chi connectivity index (χ0v) is 19.4. The van der Waals surface area contributed by atoms with Gasteiger partial charge in [-0.1, -0.05) is 54.6 Å². The summed E-state index contributed by atoms with van der Waals surface area (Å²) >= 11 is 0. The van der Waals surface area contributed by atoms with E-state index in [4.69, 9.17) is 14.2 Å². The summed E-state index contributed by atoms with van der Waals surface area (Å²) in [5.74, 6) is -0.269. The number of methoxy groups -OCH3 is 2. The van der Waals surface area contributed by atoms with Crippen molar-refractivity contribution in [2.45, 2.75) is 25.0 Å². The number of carbonyl (C=O) groups excluding carboxylic acids is 1. The van der Waals surface area contributed by atoms with Crippen molar-refractivity contribution in [3.05, 3.63) is 89.5 Å². The van der Waals surface area contributed by atoms with E-state index < -0.39 is 17.6 Å².